The number of hydrogen-bond donors (Lipinski definition) is 4. The summed E-state index contributed by atoms with van der Waals surface area (Å²) >= 11 is 3.21. The number of carbonyl (C=O) groups is 3. The summed E-state index contributed by atoms with van der Waals surface area (Å²) < 4.78 is 19.6. The van der Waals surface area contributed by atoms with Crippen LogP contribution in [0.1, 0.15) is 61.0 Å². The minimum atomic E-state index is -0.707. The number of ether oxygens (including phenoxy) is 1. The summed E-state index contributed by atoms with van der Waals surface area (Å²) in [6.45, 7) is 6.24. The van der Waals surface area contributed by atoms with Crippen molar-refractivity contribution in [1.29, 1.82) is 0 Å². The molecule has 3 amide bonds. The number of nitrogens with zero attached hydrogens (tertiary/aromatic N) is 1. The number of carbonyl (C=O) groups excluding carboxylic acids is 3. The Morgan fingerprint density at radius 2 is 1.78 bits per heavy atom. The van der Waals surface area contributed by atoms with E-state index in [2.05, 4.69) is 41.8 Å². The molecule has 1 aromatic carbocycles. The smallest absolute Gasteiger partial charge is 0.407 e. The van der Waals surface area contributed by atoms with Crippen molar-refractivity contribution < 1.29 is 23.5 Å². The number of aromatic amines is 1. The highest BCUT2D eigenvalue weighted by Gasteiger charge is 2.21. The predicted octanol–water partition coefficient (Wildman–Crippen LogP) is 3.99. The molecule has 11 heteroatoms. The molecule has 32 heavy (non-hydrogen) atoms. The van der Waals surface area contributed by atoms with Crippen molar-refractivity contribution in [1.82, 2.24) is 20.6 Å². The molecule has 0 atom stereocenters. The first-order chi connectivity index (χ1) is 15.1. The van der Waals surface area contributed by atoms with Crippen LogP contribution in [0.2, 0.25) is 0 Å². The topological polar surface area (TPSA) is 125 Å². The third kappa shape index (κ3) is 8.29. The summed E-state index contributed by atoms with van der Waals surface area (Å²) in [5, 5.41) is 7.80. The van der Waals surface area contributed by atoms with Crippen LogP contribution in [0.3, 0.4) is 0 Å². The van der Waals surface area contributed by atoms with Gasteiger partial charge in [-0.3, -0.25) is 9.59 Å². The third-order valence-corrected chi connectivity index (χ3v) is 4.56. The van der Waals surface area contributed by atoms with Gasteiger partial charge in [-0.25, -0.2) is 14.2 Å². The predicted molar refractivity (Wildman–Crippen MR) is 121 cm³/mol. The second-order valence-electron chi connectivity index (χ2n) is 7.95. The van der Waals surface area contributed by atoms with Gasteiger partial charge in [0.2, 0.25) is 0 Å². The fourth-order valence-electron chi connectivity index (χ4n) is 2.64. The lowest BCUT2D eigenvalue weighted by Gasteiger charge is -2.19. The van der Waals surface area contributed by atoms with Crippen LogP contribution in [0.25, 0.3) is 0 Å². The van der Waals surface area contributed by atoms with Gasteiger partial charge in [-0.05, 0) is 58.2 Å². The number of alkyl carbamates (subject to hydrolysis) is 1. The molecule has 2 aromatic rings. The number of benzene rings is 1. The van der Waals surface area contributed by atoms with Crippen LogP contribution in [-0.4, -0.2) is 46.6 Å². The Labute approximate surface area is 194 Å². The number of aromatic nitrogens is 2. The van der Waals surface area contributed by atoms with Crippen LogP contribution in [0.15, 0.2) is 29.0 Å². The van der Waals surface area contributed by atoms with Crippen molar-refractivity contribution in [2.75, 3.05) is 18.4 Å². The molecule has 0 aliphatic rings. The largest absolute Gasteiger partial charge is 0.444 e. The lowest BCUT2D eigenvalue weighted by Crippen LogP contribution is -2.33. The highest BCUT2D eigenvalue weighted by Crippen LogP contribution is 2.21. The monoisotopic (exact) mass is 511 g/mol. The Hall–Kier alpha value is -2.95. The normalized spacial score (nSPS) is 11.0. The minimum absolute atomic E-state index is 0.00972. The number of rotatable bonds is 9. The average molecular weight is 512 g/mol. The van der Waals surface area contributed by atoms with Gasteiger partial charge < -0.3 is 25.7 Å². The Morgan fingerprint density at radius 1 is 1.09 bits per heavy atom. The maximum atomic E-state index is 13.9. The molecule has 0 saturated heterocycles. The number of unbranched alkanes of at least 4 members (excludes halogenated alkanes) is 2. The molecule has 0 unspecified atom stereocenters. The Morgan fingerprint density at radius 3 is 2.47 bits per heavy atom. The van der Waals surface area contributed by atoms with Crippen molar-refractivity contribution in [2.24, 2.45) is 0 Å². The quantitative estimate of drug-likeness (QED) is 0.378. The van der Waals surface area contributed by atoms with Crippen LogP contribution in [0, 0.1) is 5.82 Å². The number of nitrogens with one attached hydrogen (secondary N) is 4. The number of imidazole rings is 1. The van der Waals surface area contributed by atoms with E-state index in [4.69, 9.17) is 4.74 Å². The zero-order valence-corrected chi connectivity index (χ0v) is 19.8. The molecule has 9 nitrogen and oxygen atoms in total. The van der Waals surface area contributed by atoms with Crippen molar-refractivity contribution in [3.05, 3.63) is 46.2 Å². The summed E-state index contributed by atoms with van der Waals surface area (Å²) in [4.78, 5) is 42.9. The molecule has 1 heterocycles. The van der Waals surface area contributed by atoms with Gasteiger partial charge in [-0.2, -0.15) is 0 Å². The zero-order chi connectivity index (χ0) is 23.7. The van der Waals surface area contributed by atoms with E-state index in [1.165, 1.54) is 24.5 Å². The van der Waals surface area contributed by atoms with Gasteiger partial charge in [-0.15, -0.1) is 0 Å². The van der Waals surface area contributed by atoms with Gasteiger partial charge in [0.1, 0.15) is 17.1 Å². The first-order valence-electron chi connectivity index (χ1n) is 10.1. The molecule has 0 saturated carbocycles. The van der Waals surface area contributed by atoms with Crippen LogP contribution in [0.5, 0.6) is 0 Å². The summed E-state index contributed by atoms with van der Waals surface area (Å²) in [5.74, 6) is -1.81. The standard InChI is InChI=1S/C21H27BrFN5O4/c1-21(2,3)32-20(31)25-10-6-4-5-9-24-18(29)16-17(27-12-26-16)19(30)28-15-11-13(22)7-8-14(15)23/h7-8,11-12H,4-6,9-10H2,1-3H3,(H,24,29)(H,25,31)(H,26,27)(H,28,30). The Balaban J connectivity index is 1.75. The van der Waals surface area contributed by atoms with E-state index >= 15 is 0 Å². The van der Waals surface area contributed by atoms with Crippen LogP contribution >= 0.6 is 15.9 Å². The number of H-pyrrole nitrogens is 1. The molecular weight excluding hydrogens is 485 g/mol. The zero-order valence-electron chi connectivity index (χ0n) is 18.2. The Bertz CT molecular complexity index is 958. The molecule has 2 rings (SSSR count). The van der Waals surface area contributed by atoms with E-state index < -0.39 is 29.3 Å². The molecule has 4 N–H and O–H groups in total. The molecule has 0 bridgehead atoms. The van der Waals surface area contributed by atoms with E-state index in [1.807, 2.05) is 0 Å². The summed E-state index contributed by atoms with van der Waals surface area (Å²) in [7, 11) is 0. The van der Waals surface area contributed by atoms with Gasteiger partial charge in [0.25, 0.3) is 11.8 Å². The number of anilines is 1. The maximum absolute atomic E-state index is 13.9. The fraction of sp³-hybridized carbons (Fsp3) is 0.429. The lowest BCUT2D eigenvalue weighted by atomic mass is 10.2. The van der Waals surface area contributed by atoms with Gasteiger partial charge in [-0.1, -0.05) is 15.9 Å². The molecule has 0 spiro atoms. The van der Waals surface area contributed by atoms with Gasteiger partial charge in [0.15, 0.2) is 5.69 Å². The molecule has 0 radical (unpaired) electrons. The van der Waals surface area contributed by atoms with E-state index in [-0.39, 0.29) is 17.1 Å². The average Bonchev–Trinajstić information content (AvgIpc) is 3.18. The minimum Gasteiger partial charge on any atom is -0.444 e. The molecular formula is C21H27BrFN5O4. The number of amides is 3. The fourth-order valence-corrected chi connectivity index (χ4v) is 3.00. The summed E-state index contributed by atoms with van der Waals surface area (Å²) in [6.07, 6.45) is 2.95. The van der Waals surface area contributed by atoms with Crippen molar-refractivity contribution >= 4 is 39.5 Å². The summed E-state index contributed by atoms with van der Waals surface area (Å²) in [5.41, 5.74) is -0.713. The highest BCUT2D eigenvalue weighted by molar-refractivity contribution is 9.10. The lowest BCUT2D eigenvalue weighted by molar-refractivity contribution is 0.0526. The van der Waals surface area contributed by atoms with Crippen LogP contribution < -0.4 is 16.0 Å². The number of halogens is 2. The van der Waals surface area contributed by atoms with Gasteiger partial charge in [0.05, 0.1) is 12.0 Å². The second-order valence-corrected chi connectivity index (χ2v) is 8.87. The van der Waals surface area contributed by atoms with E-state index in [0.29, 0.717) is 24.0 Å². The maximum Gasteiger partial charge on any atom is 0.407 e. The SMILES string of the molecule is CC(C)(C)OC(=O)NCCCCCNC(=O)c1[nH]cnc1C(=O)Nc1cc(Br)ccc1F. The molecule has 0 aliphatic heterocycles. The van der Waals surface area contributed by atoms with Gasteiger partial charge in [0, 0.05) is 17.6 Å². The van der Waals surface area contributed by atoms with Crippen molar-refractivity contribution in [2.45, 2.75) is 45.6 Å². The highest BCUT2D eigenvalue weighted by atomic mass is 79.9. The van der Waals surface area contributed by atoms with Crippen LogP contribution in [-0.2, 0) is 4.74 Å². The van der Waals surface area contributed by atoms with E-state index in [0.717, 1.165) is 12.8 Å². The first kappa shape index (κ1) is 25.3. The van der Waals surface area contributed by atoms with E-state index in [9.17, 15) is 18.8 Å². The van der Waals surface area contributed by atoms with Crippen molar-refractivity contribution in [3.63, 3.8) is 0 Å². The summed E-state index contributed by atoms with van der Waals surface area (Å²) in [6, 6.07) is 4.13. The molecule has 1 aromatic heterocycles. The molecule has 0 fully saturated rings. The van der Waals surface area contributed by atoms with E-state index in [1.54, 1.807) is 20.8 Å². The second kappa shape index (κ2) is 11.6. The Kier molecular flexibility index (Phi) is 9.18. The van der Waals surface area contributed by atoms with Crippen molar-refractivity contribution in [3.8, 4) is 0 Å². The van der Waals surface area contributed by atoms with Gasteiger partial charge >= 0.3 is 6.09 Å². The van der Waals surface area contributed by atoms with Crippen LogP contribution in [0.4, 0.5) is 14.9 Å². The first-order valence-corrected chi connectivity index (χ1v) is 10.9. The third-order valence-electron chi connectivity index (χ3n) is 4.07. The molecule has 0 aliphatic carbocycles. The number of hydrogen-bond acceptors (Lipinski definition) is 5. The molecule has 174 valence electrons.